The van der Waals surface area contributed by atoms with Gasteiger partial charge in [-0.05, 0) is 54.8 Å². The van der Waals surface area contributed by atoms with Gasteiger partial charge in [-0.3, -0.25) is 4.79 Å². The van der Waals surface area contributed by atoms with Crippen molar-refractivity contribution in [2.24, 2.45) is 5.14 Å². The zero-order valence-electron chi connectivity index (χ0n) is 17.2. The number of carbonyl (C=O) groups is 1. The third-order valence-corrected chi connectivity index (χ3v) is 6.49. The fourth-order valence-electron chi connectivity index (χ4n) is 4.01. The number of nitrogens with zero attached hydrogens (tertiary/aromatic N) is 2. The summed E-state index contributed by atoms with van der Waals surface area (Å²) in [5.41, 5.74) is 3.22. The Labute approximate surface area is 187 Å². The second-order valence-electron chi connectivity index (χ2n) is 7.62. The first-order chi connectivity index (χ1) is 15.4. The monoisotopic (exact) mass is 446 g/mol. The van der Waals surface area contributed by atoms with Crippen LogP contribution in [0.25, 0.3) is 11.1 Å². The molecule has 1 aliphatic rings. The van der Waals surface area contributed by atoms with Gasteiger partial charge in [-0.15, -0.1) is 0 Å². The van der Waals surface area contributed by atoms with Gasteiger partial charge in [0.1, 0.15) is 6.04 Å². The molecule has 0 radical (unpaired) electrons. The standard InChI is InChI=1S/C24H22N4O3S/c25-16-17-5-3-6-20(15-17)28-14-4-8-22(28)24(29)27-19-12-10-18(11-13-19)21-7-1-2-9-23(21)32(26,30)31/h1-3,5-7,9-13,15,22H,4,8,14H2,(H,27,29)(H2,26,30,31). The molecule has 0 spiro atoms. The van der Waals surface area contributed by atoms with Crippen molar-refractivity contribution in [1.29, 1.82) is 5.26 Å². The molecule has 1 atom stereocenters. The van der Waals surface area contributed by atoms with Crippen LogP contribution >= 0.6 is 0 Å². The highest BCUT2D eigenvalue weighted by Crippen LogP contribution is 2.29. The van der Waals surface area contributed by atoms with E-state index in [-0.39, 0.29) is 16.8 Å². The van der Waals surface area contributed by atoms with E-state index in [1.807, 2.05) is 17.0 Å². The molecule has 3 N–H and O–H groups in total. The number of primary sulfonamides is 1. The molecule has 1 amide bonds. The van der Waals surface area contributed by atoms with Crippen molar-refractivity contribution in [1.82, 2.24) is 0 Å². The minimum atomic E-state index is -3.85. The molecular formula is C24H22N4O3S. The molecule has 1 heterocycles. The first-order valence-electron chi connectivity index (χ1n) is 10.2. The number of nitrogens with one attached hydrogen (secondary N) is 1. The molecule has 162 valence electrons. The van der Waals surface area contributed by atoms with Crippen LogP contribution in [0.15, 0.2) is 77.7 Å². The van der Waals surface area contributed by atoms with Crippen LogP contribution in [0.3, 0.4) is 0 Å². The topological polar surface area (TPSA) is 116 Å². The maximum Gasteiger partial charge on any atom is 0.247 e. The van der Waals surface area contributed by atoms with Gasteiger partial charge in [0.25, 0.3) is 0 Å². The summed E-state index contributed by atoms with van der Waals surface area (Å²) in [4.78, 5) is 15.1. The van der Waals surface area contributed by atoms with Crippen molar-refractivity contribution in [3.63, 3.8) is 0 Å². The van der Waals surface area contributed by atoms with Crippen LogP contribution in [0, 0.1) is 11.3 Å². The quantitative estimate of drug-likeness (QED) is 0.622. The van der Waals surface area contributed by atoms with Gasteiger partial charge in [0.2, 0.25) is 15.9 Å². The molecule has 1 saturated heterocycles. The predicted octanol–water partition coefficient (Wildman–Crippen LogP) is 3.48. The molecule has 3 aromatic rings. The number of nitriles is 1. The summed E-state index contributed by atoms with van der Waals surface area (Å²) in [5, 5.41) is 17.4. The number of sulfonamides is 1. The smallest absolute Gasteiger partial charge is 0.247 e. The van der Waals surface area contributed by atoms with Gasteiger partial charge < -0.3 is 10.2 Å². The molecule has 1 aliphatic heterocycles. The summed E-state index contributed by atoms with van der Waals surface area (Å²) in [7, 11) is -3.85. The molecule has 0 aliphatic carbocycles. The zero-order chi connectivity index (χ0) is 22.7. The Morgan fingerprint density at radius 3 is 2.53 bits per heavy atom. The summed E-state index contributed by atoms with van der Waals surface area (Å²) in [6.07, 6.45) is 1.61. The molecule has 4 rings (SSSR count). The van der Waals surface area contributed by atoms with Crippen molar-refractivity contribution in [2.45, 2.75) is 23.8 Å². The minimum absolute atomic E-state index is 0.0537. The van der Waals surface area contributed by atoms with E-state index in [0.717, 1.165) is 25.1 Å². The van der Waals surface area contributed by atoms with Crippen LogP contribution in [-0.2, 0) is 14.8 Å². The highest BCUT2D eigenvalue weighted by atomic mass is 32.2. The number of anilines is 2. The lowest BCUT2D eigenvalue weighted by Gasteiger charge is -2.26. The summed E-state index contributed by atoms with van der Waals surface area (Å²) < 4.78 is 23.7. The number of hydrogen-bond acceptors (Lipinski definition) is 5. The van der Waals surface area contributed by atoms with Crippen molar-refractivity contribution >= 4 is 27.3 Å². The first-order valence-corrected chi connectivity index (χ1v) is 11.7. The van der Waals surface area contributed by atoms with E-state index in [1.165, 1.54) is 6.07 Å². The highest BCUT2D eigenvalue weighted by Gasteiger charge is 2.31. The van der Waals surface area contributed by atoms with E-state index in [0.29, 0.717) is 22.4 Å². The van der Waals surface area contributed by atoms with Gasteiger partial charge >= 0.3 is 0 Å². The number of carbonyl (C=O) groups excluding carboxylic acids is 1. The van der Waals surface area contributed by atoms with E-state index in [4.69, 9.17) is 10.4 Å². The van der Waals surface area contributed by atoms with Gasteiger partial charge in [-0.25, -0.2) is 13.6 Å². The molecule has 0 saturated carbocycles. The van der Waals surface area contributed by atoms with Gasteiger partial charge in [0, 0.05) is 23.5 Å². The molecule has 3 aromatic carbocycles. The lowest BCUT2D eigenvalue weighted by Crippen LogP contribution is -2.39. The fourth-order valence-corrected chi connectivity index (χ4v) is 4.78. The van der Waals surface area contributed by atoms with Gasteiger partial charge in [0.15, 0.2) is 0 Å². The highest BCUT2D eigenvalue weighted by molar-refractivity contribution is 7.89. The summed E-state index contributed by atoms with van der Waals surface area (Å²) in [6.45, 7) is 0.746. The molecule has 0 bridgehead atoms. The summed E-state index contributed by atoms with van der Waals surface area (Å²) in [6, 6.07) is 22.6. The maximum atomic E-state index is 13.0. The van der Waals surface area contributed by atoms with Gasteiger partial charge in [-0.1, -0.05) is 36.4 Å². The molecule has 0 aromatic heterocycles. The van der Waals surface area contributed by atoms with E-state index >= 15 is 0 Å². The molecular weight excluding hydrogens is 424 g/mol. The summed E-state index contributed by atoms with van der Waals surface area (Å²) in [5.74, 6) is -0.123. The van der Waals surface area contributed by atoms with E-state index < -0.39 is 10.0 Å². The van der Waals surface area contributed by atoms with Crippen molar-refractivity contribution < 1.29 is 13.2 Å². The van der Waals surface area contributed by atoms with E-state index in [1.54, 1.807) is 54.6 Å². The zero-order valence-corrected chi connectivity index (χ0v) is 18.0. The molecule has 7 nitrogen and oxygen atoms in total. The number of hydrogen-bond donors (Lipinski definition) is 2. The van der Waals surface area contributed by atoms with Crippen molar-refractivity contribution in [3.05, 3.63) is 78.4 Å². The van der Waals surface area contributed by atoms with Crippen LogP contribution in [0.2, 0.25) is 0 Å². The fraction of sp³-hybridized carbons (Fsp3) is 0.167. The first kappa shape index (κ1) is 21.6. The molecule has 1 unspecified atom stereocenters. The van der Waals surface area contributed by atoms with Crippen LogP contribution in [0.4, 0.5) is 11.4 Å². The van der Waals surface area contributed by atoms with Crippen LogP contribution in [-0.4, -0.2) is 26.9 Å². The van der Waals surface area contributed by atoms with Crippen molar-refractivity contribution in [3.8, 4) is 17.2 Å². The Kier molecular flexibility index (Phi) is 5.95. The van der Waals surface area contributed by atoms with Crippen LogP contribution < -0.4 is 15.4 Å². The van der Waals surface area contributed by atoms with E-state index in [2.05, 4.69) is 11.4 Å². The largest absolute Gasteiger partial charge is 0.359 e. The number of amides is 1. The number of benzene rings is 3. The second-order valence-corrected chi connectivity index (χ2v) is 9.15. The Morgan fingerprint density at radius 2 is 1.81 bits per heavy atom. The van der Waals surface area contributed by atoms with Crippen LogP contribution in [0.1, 0.15) is 18.4 Å². The third kappa shape index (κ3) is 4.49. The minimum Gasteiger partial charge on any atom is -0.359 e. The number of rotatable bonds is 5. The Balaban J connectivity index is 1.52. The Hall–Kier alpha value is -3.67. The maximum absolute atomic E-state index is 13.0. The average Bonchev–Trinajstić information content (AvgIpc) is 3.29. The van der Waals surface area contributed by atoms with Gasteiger partial charge in [-0.2, -0.15) is 5.26 Å². The van der Waals surface area contributed by atoms with E-state index in [9.17, 15) is 13.2 Å². The summed E-state index contributed by atoms with van der Waals surface area (Å²) >= 11 is 0. The van der Waals surface area contributed by atoms with Gasteiger partial charge in [0.05, 0.1) is 16.5 Å². The molecule has 32 heavy (non-hydrogen) atoms. The lowest BCUT2D eigenvalue weighted by atomic mass is 10.1. The normalized spacial score (nSPS) is 15.9. The predicted molar refractivity (Wildman–Crippen MR) is 123 cm³/mol. The third-order valence-electron chi connectivity index (χ3n) is 5.52. The van der Waals surface area contributed by atoms with Crippen LogP contribution in [0.5, 0.6) is 0 Å². The Bertz CT molecular complexity index is 1300. The SMILES string of the molecule is N#Cc1cccc(N2CCCC2C(=O)Nc2ccc(-c3ccccc3S(N)(=O)=O)cc2)c1. The number of nitrogens with two attached hydrogens (primary N) is 1. The Morgan fingerprint density at radius 1 is 1.06 bits per heavy atom. The molecule has 8 heteroatoms. The van der Waals surface area contributed by atoms with Crippen molar-refractivity contribution in [2.75, 3.05) is 16.8 Å². The lowest BCUT2D eigenvalue weighted by molar-refractivity contribution is -0.117. The molecule has 1 fully saturated rings. The average molecular weight is 447 g/mol. The second kappa shape index (κ2) is 8.83.